The summed E-state index contributed by atoms with van der Waals surface area (Å²) in [6, 6.07) is 0. The largest absolute Gasteiger partial charge is 0.481 e. The van der Waals surface area contributed by atoms with E-state index >= 15 is 0 Å². The van der Waals surface area contributed by atoms with Crippen LogP contribution in [0.4, 0.5) is 0 Å². The third kappa shape index (κ3) is 3.68. The van der Waals surface area contributed by atoms with E-state index in [1.54, 1.807) is 18.7 Å². The highest BCUT2D eigenvalue weighted by atomic mass is 16.4. The number of carboxylic acid groups (broad SMARTS) is 1. The first kappa shape index (κ1) is 14.9. The fourth-order valence-electron chi connectivity index (χ4n) is 2.05. The van der Waals surface area contributed by atoms with Crippen LogP contribution < -0.4 is 0 Å². The normalized spacial score (nSPS) is 20.5. The Morgan fingerprint density at radius 1 is 1.11 bits per heavy atom. The molecule has 6 heteroatoms. The maximum Gasteiger partial charge on any atom is 0.307 e. The molecular weight excluding hydrogens is 236 g/mol. The summed E-state index contributed by atoms with van der Waals surface area (Å²) in [7, 11) is 0. The molecule has 1 aliphatic rings. The van der Waals surface area contributed by atoms with Crippen LogP contribution in [0.15, 0.2) is 0 Å². The van der Waals surface area contributed by atoms with Gasteiger partial charge in [-0.1, -0.05) is 13.8 Å². The molecule has 0 aromatic carbocycles. The molecule has 18 heavy (non-hydrogen) atoms. The van der Waals surface area contributed by atoms with Crippen LogP contribution in [-0.4, -0.2) is 71.2 Å². The van der Waals surface area contributed by atoms with Gasteiger partial charge in [0.2, 0.25) is 5.91 Å². The zero-order valence-corrected chi connectivity index (χ0v) is 11.0. The second-order valence-electron chi connectivity index (χ2n) is 4.81. The molecule has 1 amide bonds. The van der Waals surface area contributed by atoms with Crippen LogP contribution >= 0.6 is 0 Å². The maximum absolute atomic E-state index is 12.1. The van der Waals surface area contributed by atoms with Crippen LogP contribution in [-0.2, 0) is 9.59 Å². The molecule has 0 aromatic heterocycles. The summed E-state index contributed by atoms with van der Waals surface area (Å²) in [5.74, 6) is -2.18. The lowest BCUT2D eigenvalue weighted by molar-refractivity contribution is -0.149. The number of hydrogen-bond acceptors (Lipinski definition) is 4. The molecule has 1 saturated heterocycles. The number of aliphatic carboxylic acids is 1. The number of piperazine rings is 1. The maximum atomic E-state index is 12.1. The van der Waals surface area contributed by atoms with Gasteiger partial charge in [-0.2, -0.15) is 0 Å². The fourth-order valence-corrected chi connectivity index (χ4v) is 2.05. The predicted molar refractivity (Wildman–Crippen MR) is 66.1 cm³/mol. The van der Waals surface area contributed by atoms with E-state index in [2.05, 4.69) is 4.90 Å². The lowest BCUT2D eigenvalue weighted by Gasteiger charge is -2.36. The molecule has 2 unspecified atom stereocenters. The molecule has 104 valence electrons. The van der Waals surface area contributed by atoms with Crippen molar-refractivity contribution < 1.29 is 19.8 Å². The van der Waals surface area contributed by atoms with E-state index in [9.17, 15) is 9.59 Å². The molecule has 1 rings (SSSR count). The Balaban J connectivity index is 2.47. The Bertz CT molecular complexity index is 300. The molecule has 6 nitrogen and oxygen atoms in total. The minimum Gasteiger partial charge on any atom is -0.481 e. The van der Waals surface area contributed by atoms with E-state index in [0.717, 1.165) is 13.1 Å². The Labute approximate surface area is 107 Å². The lowest BCUT2D eigenvalue weighted by Crippen LogP contribution is -2.51. The number of β-amino-alcohol motifs (C(OH)–C–C–N with tert-alkyl or cyclic N) is 1. The molecule has 2 atom stereocenters. The summed E-state index contributed by atoms with van der Waals surface area (Å²) >= 11 is 0. The second kappa shape index (κ2) is 6.70. The van der Waals surface area contributed by atoms with E-state index in [-0.39, 0.29) is 12.5 Å². The highest BCUT2D eigenvalue weighted by Crippen LogP contribution is 2.16. The first-order chi connectivity index (χ1) is 8.47. The van der Waals surface area contributed by atoms with Crippen molar-refractivity contribution in [3.8, 4) is 0 Å². The third-order valence-electron chi connectivity index (χ3n) is 3.63. The second-order valence-corrected chi connectivity index (χ2v) is 4.81. The van der Waals surface area contributed by atoms with E-state index < -0.39 is 17.8 Å². The number of hydrogen-bond donors (Lipinski definition) is 2. The SMILES string of the molecule is CC(C(=O)O)C(C)C(=O)N1CCN(CCO)CC1. The number of rotatable bonds is 5. The van der Waals surface area contributed by atoms with Gasteiger partial charge in [0.05, 0.1) is 12.5 Å². The van der Waals surface area contributed by atoms with Crippen molar-refractivity contribution in [3.05, 3.63) is 0 Å². The molecular formula is C12H22N2O4. The lowest BCUT2D eigenvalue weighted by atomic mass is 9.94. The van der Waals surface area contributed by atoms with Gasteiger partial charge in [-0.15, -0.1) is 0 Å². The van der Waals surface area contributed by atoms with Crippen LogP contribution in [0.2, 0.25) is 0 Å². The summed E-state index contributed by atoms with van der Waals surface area (Å²) in [4.78, 5) is 26.8. The zero-order chi connectivity index (χ0) is 13.7. The average Bonchev–Trinajstić information content (AvgIpc) is 2.37. The van der Waals surface area contributed by atoms with Gasteiger partial charge in [-0.25, -0.2) is 0 Å². The highest BCUT2D eigenvalue weighted by molar-refractivity contribution is 5.84. The Morgan fingerprint density at radius 3 is 2.11 bits per heavy atom. The standard InChI is InChI=1S/C12H22N2O4/c1-9(10(2)12(17)18)11(16)14-5-3-13(4-6-14)7-8-15/h9-10,15H,3-8H2,1-2H3,(H,17,18). The van der Waals surface area contributed by atoms with E-state index in [4.69, 9.17) is 10.2 Å². The molecule has 2 N–H and O–H groups in total. The Kier molecular flexibility index (Phi) is 5.55. The number of nitrogens with zero attached hydrogens (tertiary/aromatic N) is 2. The van der Waals surface area contributed by atoms with Gasteiger partial charge >= 0.3 is 5.97 Å². The van der Waals surface area contributed by atoms with Crippen molar-refractivity contribution in [1.82, 2.24) is 9.80 Å². The molecule has 1 fully saturated rings. The van der Waals surface area contributed by atoms with Gasteiger partial charge in [0.15, 0.2) is 0 Å². The van der Waals surface area contributed by atoms with Crippen molar-refractivity contribution in [1.29, 1.82) is 0 Å². The first-order valence-corrected chi connectivity index (χ1v) is 6.32. The highest BCUT2D eigenvalue weighted by Gasteiger charge is 2.30. The van der Waals surface area contributed by atoms with Gasteiger partial charge in [0, 0.05) is 38.6 Å². The molecule has 0 aliphatic carbocycles. The molecule has 1 aliphatic heterocycles. The van der Waals surface area contributed by atoms with Crippen molar-refractivity contribution in [3.63, 3.8) is 0 Å². The van der Waals surface area contributed by atoms with Crippen LogP contribution in [0.1, 0.15) is 13.8 Å². The van der Waals surface area contributed by atoms with E-state index in [1.165, 1.54) is 0 Å². The van der Waals surface area contributed by atoms with Gasteiger partial charge in [-0.3, -0.25) is 14.5 Å². The van der Waals surface area contributed by atoms with Crippen LogP contribution in [0.5, 0.6) is 0 Å². The van der Waals surface area contributed by atoms with Gasteiger partial charge < -0.3 is 15.1 Å². The molecule has 0 saturated carbocycles. The summed E-state index contributed by atoms with van der Waals surface area (Å²) in [5.41, 5.74) is 0. The quantitative estimate of drug-likeness (QED) is 0.693. The number of aliphatic hydroxyl groups is 1. The monoisotopic (exact) mass is 258 g/mol. The number of carboxylic acids is 1. The smallest absolute Gasteiger partial charge is 0.307 e. The Hall–Kier alpha value is -1.14. The summed E-state index contributed by atoms with van der Waals surface area (Å²) in [6.45, 7) is 6.67. The van der Waals surface area contributed by atoms with Gasteiger partial charge in [0.25, 0.3) is 0 Å². The van der Waals surface area contributed by atoms with Crippen molar-refractivity contribution >= 4 is 11.9 Å². The molecule has 1 heterocycles. The van der Waals surface area contributed by atoms with Gasteiger partial charge in [-0.05, 0) is 0 Å². The average molecular weight is 258 g/mol. The molecule has 0 bridgehead atoms. The number of aliphatic hydroxyl groups excluding tert-OH is 1. The summed E-state index contributed by atoms with van der Waals surface area (Å²) in [6.07, 6.45) is 0. The number of carbonyl (C=O) groups is 2. The van der Waals surface area contributed by atoms with E-state index in [1.807, 2.05) is 0 Å². The molecule has 0 radical (unpaired) electrons. The van der Waals surface area contributed by atoms with Crippen LogP contribution in [0.3, 0.4) is 0 Å². The predicted octanol–water partition coefficient (Wildman–Crippen LogP) is -0.520. The topological polar surface area (TPSA) is 81.1 Å². The third-order valence-corrected chi connectivity index (χ3v) is 3.63. The van der Waals surface area contributed by atoms with Crippen molar-refractivity contribution in [2.75, 3.05) is 39.3 Å². The first-order valence-electron chi connectivity index (χ1n) is 6.32. The van der Waals surface area contributed by atoms with Crippen molar-refractivity contribution in [2.24, 2.45) is 11.8 Å². The van der Waals surface area contributed by atoms with Crippen LogP contribution in [0.25, 0.3) is 0 Å². The molecule has 0 aromatic rings. The number of carbonyl (C=O) groups excluding carboxylic acids is 1. The molecule has 0 spiro atoms. The summed E-state index contributed by atoms with van der Waals surface area (Å²) in [5, 5.41) is 17.7. The van der Waals surface area contributed by atoms with Gasteiger partial charge in [0.1, 0.15) is 0 Å². The fraction of sp³-hybridized carbons (Fsp3) is 0.833. The van der Waals surface area contributed by atoms with Crippen LogP contribution in [0, 0.1) is 11.8 Å². The van der Waals surface area contributed by atoms with E-state index in [0.29, 0.717) is 19.6 Å². The number of amides is 1. The minimum atomic E-state index is -0.935. The van der Waals surface area contributed by atoms with Crippen molar-refractivity contribution in [2.45, 2.75) is 13.8 Å². The summed E-state index contributed by atoms with van der Waals surface area (Å²) < 4.78 is 0. The minimum absolute atomic E-state index is 0.0893. The Morgan fingerprint density at radius 2 is 1.67 bits per heavy atom. The zero-order valence-electron chi connectivity index (χ0n) is 11.0.